The van der Waals surface area contributed by atoms with Gasteiger partial charge in [0.15, 0.2) is 0 Å². The fourth-order valence-electron chi connectivity index (χ4n) is 4.94. The first-order valence-electron chi connectivity index (χ1n) is 18.0. The summed E-state index contributed by atoms with van der Waals surface area (Å²) in [4.78, 5) is 80.4. The molecule has 16 nitrogen and oxygen atoms in total. The topological polar surface area (TPSA) is 196 Å². The Kier molecular flexibility index (Phi) is 20.0. The molecule has 0 saturated carbocycles. The Bertz CT molecular complexity index is 1580. The van der Waals surface area contributed by atoms with Crippen molar-refractivity contribution >= 4 is 23.8 Å². The van der Waals surface area contributed by atoms with Crippen LogP contribution in [-0.2, 0) is 0 Å². The summed E-state index contributed by atoms with van der Waals surface area (Å²) in [6.07, 6.45) is 0. The molecule has 16 heteroatoms. The van der Waals surface area contributed by atoms with Crippen LogP contribution < -0.4 is 41.8 Å². The van der Waals surface area contributed by atoms with Crippen LogP contribution in [0.15, 0.2) is 43.4 Å². The summed E-state index contributed by atoms with van der Waals surface area (Å²) >= 11 is 0. The van der Waals surface area contributed by atoms with E-state index >= 15 is 0 Å². The molecule has 4 N–H and O–H groups in total. The fourth-order valence-corrected chi connectivity index (χ4v) is 4.94. The highest BCUT2D eigenvalue weighted by atomic mass is 16.1. The molecule has 0 amide bonds. The van der Waals surface area contributed by atoms with Gasteiger partial charge in [-0.3, -0.25) is 39.1 Å². The second-order valence-corrected chi connectivity index (χ2v) is 11.5. The summed E-state index contributed by atoms with van der Waals surface area (Å²) in [5.74, 6) is 2.65. The zero-order valence-corrected chi connectivity index (χ0v) is 33.2. The monoisotopic (exact) mass is 724 g/mol. The predicted octanol–water partition coefficient (Wildman–Crippen LogP) is 3.70. The number of nitrogens with zero attached hydrogens (tertiary/aromatic N) is 8. The molecule has 0 bridgehead atoms. The van der Waals surface area contributed by atoms with Crippen molar-refractivity contribution in [3.63, 3.8) is 0 Å². The highest BCUT2D eigenvalue weighted by molar-refractivity contribution is 5.31. The van der Waals surface area contributed by atoms with Crippen molar-refractivity contribution in [1.29, 1.82) is 0 Å². The molecule has 0 aromatic carbocycles. The number of aryl methyl sites for hydroxylation is 4. The first kappa shape index (κ1) is 44.7. The van der Waals surface area contributed by atoms with E-state index in [1.807, 2.05) is 103 Å². The lowest BCUT2D eigenvalue weighted by Gasteiger charge is -2.18. The summed E-state index contributed by atoms with van der Waals surface area (Å²) in [5.41, 5.74) is 2.67. The van der Waals surface area contributed by atoms with Gasteiger partial charge < -0.3 is 19.6 Å². The van der Waals surface area contributed by atoms with Crippen LogP contribution in [0.2, 0.25) is 0 Å². The van der Waals surface area contributed by atoms with Crippen LogP contribution >= 0.6 is 0 Å². The lowest BCUT2D eigenvalue weighted by molar-refractivity contribution is 0.811. The number of aromatic nitrogens is 8. The number of rotatable bonds is 12. The van der Waals surface area contributed by atoms with Gasteiger partial charge in [0.25, 0.3) is 22.2 Å². The molecule has 0 aliphatic heterocycles. The van der Waals surface area contributed by atoms with E-state index in [9.17, 15) is 19.2 Å². The van der Waals surface area contributed by atoms with Gasteiger partial charge in [-0.25, -0.2) is 19.9 Å². The third kappa shape index (κ3) is 15.3. The van der Waals surface area contributed by atoms with E-state index in [2.05, 4.69) is 39.9 Å². The van der Waals surface area contributed by atoms with Crippen molar-refractivity contribution in [2.45, 2.75) is 83.1 Å². The number of H-pyrrole nitrogens is 4. The van der Waals surface area contributed by atoms with Gasteiger partial charge in [0.2, 0.25) is 23.8 Å². The van der Waals surface area contributed by atoms with Crippen molar-refractivity contribution in [3.8, 4) is 0 Å². The van der Waals surface area contributed by atoms with Crippen LogP contribution in [0.3, 0.4) is 0 Å². The Morgan fingerprint density at radius 3 is 0.635 bits per heavy atom. The van der Waals surface area contributed by atoms with E-state index in [0.29, 0.717) is 23.8 Å². The van der Waals surface area contributed by atoms with Crippen molar-refractivity contribution in [1.82, 2.24) is 39.9 Å². The standard InChI is InChI=1S/4C9H15N3O/c4*1-4-12(5-2)9-10-7(3)6-8(13)11-9/h4*6H,4-5H2,1-3H3,(H,10,11,13). The summed E-state index contributed by atoms with van der Waals surface area (Å²) in [5, 5.41) is 0. The van der Waals surface area contributed by atoms with E-state index in [0.717, 1.165) is 75.1 Å². The maximum Gasteiger partial charge on any atom is 0.252 e. The lowest BCUT2D eigenvalue weighted by Crippen LogP contribution is -2.26. The zero-order valence-electron chi connectivity index (χ0n) is 33.2. The average molecular weight is 725 g/mol. The average Bonchev–Trinajstić information content (AvgIpc) is 3.06. The molecular formula is C36H60N12O4. The Labute approximate surface area is 306 Å². The molecule has 0 unspecified atom stereocenters. The van der Waals surface area contributed by atoms with Gasteiger partial charge in [-0.1, -0.05) is 0 Å². The molecule has 4 rings (SSSR count). The van der Waals surface area contributed by atoms with E-state index in [-0.39, 0.29) is 22.2 Å². The Balaban J connectivity index is 0.000000347. The maximum atomic E-state index is 11.1. The second kappa shape index (κ2) is 23.2. The van der Waals surface area contributed by atoms with Crippen molar-refractivity contribution in [2.75, 3.05) is 72.0 Å². The number of hydrogen-bond acceptors (Lipinski definition) is 12. The summed E-state index contributed by atoms with van der Waals surface area (Å²) in [6.45, 7) is 30.4. The summed E-state index contributed by atoms with van der Waals surface area (Å²) in [7, 11) is 0. The summed E-state index contributed by atoms with van der Waals surface area (Å²) < 4.78 is 0. The molecule has 52 heavy (non-hydrogen) atoms. The van der Waals surface area contributed by atoms with Crippen LogP contribution in [0.5, 0.6) is 0 Å². The van der Waals surface area contributed by atoms with Gasteiger partial charge in [-0.05, 0) is 83.1 Å². The third-order valence-corrected chi connectivity index (χ3v) is 7.68. The molecule has 0 aliphatic rings. The largest absolute Gasteiger partial charge is 0.343 e. The normalized spacial score (nSPS) is 10.1. The lowest BCUT2D eigenvalue weighted by atomic mass is 10.4. The molecule has 0 spiro atoms. The fraction of sp³-hybridized carbons (Fsp3) is 0.556. The first-order valence-corrected chi connectivity index (χ1v) is 18.0. The molecule has 0 radical (unpaired) electrons. The molecule has 0 atom stereocenters. The first-order chi connectivity index (χ1) is 24.7. The van der Waals surface area contributed by atoms with E-state index in [1.165, 1.54) is 24.3 Å². The molecule has 0 saturated heterocycles. The van der Waals surface area contributed by atoms with Crippen LogP contribution in [-0.4, -0.2) is 92.2 Å². The highest BCUT2D eigenvalue weighted by Crippen LogP contribution is 2.06. The second-order valence-electron chi connectivity index (χ2n) is 11.5. The smallest absolute Gasteiger partial charge is 0.252 e. The number of hydrogen-bond donors (Lipinski definition) is 4. The zero-order chi connectivity index (χ0) is 39.4. The summed E-state index contributed by atoms with van der Waals surface area (Å²) in [6, 6.07) is 5.97. The van der Waals surface area contributed by atoms with Crippen molar-refractivity contribution in [2.24, 2.45) is 0 Å². The van der Waals surface area contributed by atoms with E-state index in [1.54, 1.807) is 0 Å². The Morgan fingerprint density at radius 1 is 0.365 bits per heavy atom. The SMILES string of the molecule is CCN(CC)c1nc(C)cc(=O)[nH]1.CCN(CC)c1nc(C)cc(=O)[nH]1.CCN(CC)c1nc(C)cc(=O)[nH]1.CCN(CC)c1nc(C)cc(=O)[nH]1. The molecule has 4 aromatic heterocycles. The Hall–Kier alpha value is -5.28. The number of nitrogens with one attached hydrogen (secondary N) is 4. The van der Waals surface area contributed by atoms with Crippen LogP contribution in [0.1, 0.15) is 78.2 Å². The van der Waals surface area contributed by atoms with Crippen molar-refractivity contribution in [3.05, 3.63) is 88.5 Å². The van der Waals surface area contributed by atoms with Gasteiger partial charge in [-0.2, -0.15) is 0 Å². The molecule has 0 fully saturated rings. The molecule has 4 aromatic rings. The molecular weight excluding hydrogens is 664 g/mol. The third-order valence-electron chi connectivity index (χ3n) is 7.68. The quantitative estimate of drug-likeness (QED) is 0.166. The van der Waals surface area contributed by atoms with Crippen molar-refractivity contribution < 1.29 is 0 Å². The number of anilines is 4. The van der Waals surface area contributed by atoms with Gasteiger partial charge in [0, 0.05) is 99.4 Å². The minimum absolute atomic E-state index is 0.0885. The minimum atomic E-state index is -0.0885. The number of aromatic amines is 4. The molecule has 288 valence electrons. The van der Waals surface area contributed by atoms with Crippen LogP contribution in [0, 0.1) is 27.7 Å². The molecule has 0 aliphatic carbocycles. The van der Waals surface area contributed by atoms with Gasteiger partial charge in [-0.15, -0.1) is 0 Å². The Morgan fingerprint density at radius 2 is 0.519 bits per heavy atom. The van der Waals surface area contributed by atoms with E-state index < -0.39 is 0 Å². The predicted molar refractivity (Wildman–Crippen MR) is 213 cm³/mol. The molecule has 4 heterocycles. The van der Waals surface area contributed by atoms with Gasteiger partial charge in [0.1, 0.15) is 0 Å². The van der Waals surface area contributed by atoms with Gasteiger partial charge in [0.05, 0.1) is 0 Å². The maximum absolute atomic E-state index is 11.1. The van der Waals surface area contributed by atoms with Gasteiger partial charge >= 0.3 is 0 Å². The van der Waals surface area contributed by atoms with Crippen LogP contribution in [0.4, 0.5) is 23.8 Å². The van der Waals surface area contributed by atoms with Crippen LogP contribution in [0.25, 0.3) is 0 Å². The highest BCUT2D eigenvalue weighted by Gasteiger charge is 2.07. The minimum Gasteiger partial charge on any atom is -0.343 e. The van der Waals surface area contributed by atoms with E-state index in [4.69, 9.17) is 0 Å².